The average Bonchev–Trinajstić information content (AvgIpc) is 2.55. The van der Waals surface area contributed by atoms with Crippen molar-refractivity contribution in [2.45, 2.75) is 46.5 Å². The minimum Gasteiger partial charge on any atom is -0.0627 e. The van der Waals surface area contributed by atoms with E-state index in [9.17, 15) is 0 Å². The minimum atomic E-state index is 0.675. The van der Waals surface area contributed by atoms with Gasteiger partial charge < -0.3 is 0 Å². The predicted molar refractivity (Wildman–Crippen MR) is 76.1 cm³/mol. The van der Waals surface area contributed by atoms with E-state index >= 15 is 0 Å². The van der Waals surface area contributed by atoms with Crippen LogP contribution in [0.15, 0.2) is 29.8 Å². The van der Waals surface area contributed by atoms with Crippen LogP contribution in [0.4, 0.5) is 0 Å². The molecule has 92 valence electrons. The molecular weight excluding hydrogens is 204 g/mol. The summed E-state index contributed by atoms with van der Waals surface area (Å²) in [5, 5.41) is 0. The second-order valence-electron chi connectivity index (χ2n) is 6.13. The largest absolute Gasteiger partial charge is 0.0627 e. The fourth-order valence-corrected chi connectivity index (χ4v) is 2.88. The number of allylic oxidation sites excluding steroid dienone is 1. The van der Waals surface area contributed by atoms with Gasteiger partial charge in [0.05, 0.1) is 0 Å². The highest BCUT2D eigenvalue weighted by atomic mass is 14.3. The summed E-state index contributed by atoms with van der Waals surface area (Å²) >= 11 is 0. The first kappa shape index (κ1) is 12.4. The molecule has 1 atom stereocenters. The first-order chi connectivity index (χ1) is 8.08. The molecule has 0 saturated heterocycles. The molecule has 0 saturated carbocycles. The molecule has 0 bridgehead atoms. The number of benzene rings is 1. The molecule has 2 rings (SSSR count). The second kappa shape index (κ2) is 5.08. The molecule has 1 aliphatic carbocycles. The van der Waals surface area contributed by atoms with Crippen molar-refractivity contribution in [1.29, 1.82) is 0 Å². The summed E-state index contributed by atoms with van der Waals surface area (Å²) in [7, 11) is 0. The van der Waals surface area contributed by atoms with Gasteiger partial charge in [0.25, 0.3) is 0 Å². The molecular formula is C17H24. The Labute approximate surface area is 106 Å². The Kier molecular flexibility index (Phi) is 3.71. The van der Waals surface area contributed by atoms with E-state index in [2.05, 4.69) is 58.0 Å². The zero-order valence-electron chi connectivity index (χ0n) is 11.5. The van der Waals surface area contributed by atoms with Crippen LogP contribution in [0, 0.1) is 11.8 Å². The monoisotopic (exact) mass is 228 g/mol. The quantitative estimate of drug-likeness (QED) is 0.659. The van der Waals surface area contributed by atoms with Gasteiger partial charge in [0, 0.05) is 5.92 Å². The molecule has 1 unspecified atom stereocenters. The second-order valence-corrected chi connectivity index (χ2v) is 6.13. The Hall–Kier alpha value is -1.04. The smallest absolute Gasteiger partial charge is 0.00599 e. The van der Waals surface area contributed by atoms with E-state index in [0.29, 0.717) is 5.92 Å². The zero-order chi connectivity index (χ0) is 12.4. The summed E-state index contributed by atoms with van der Waals surface area (Å²) in [4.78, 5) is 0. The summed E-state index contributed by atoms with van der Waals surface area (Å²) in [5.74, 6) is 2.19. The highest BCUT2D eigenvalue weighted by molar-refractivity contribution is 5.66. The van der Waals surface area contributed by atoms with Crippen LogP contribution in [-0.2, 0) is 0 Å². The lowest BCUT2D eigenvalue weighted by Crippen LogP contribution is -2.05. The molecule has 0 aliphatic heterocycles. The fourth-order valence-electron chi connectivity index (χ4n) is 2.88. The molecule has 0 nitrogen and oxygen atoms in total. The number of rotatable bonds is 4. The van der Waals surface area contributed by atoms with Gasteiger partial charge in [-0.3, -0.25) is 0 Å². The van der Waals surface area contributed by atoms with E-state index in [1.54, 1.807) is 11.1 Å². The van der Waals surface area contributed by atoms with Crippen LogP contribution in [0.3, 0.4) is 0 Å². The van der Waals surface area contributed by atoms with Gasteiger partial charge in [-0.25, -0.2) is 0 Å². The Balaban J connectivity index is 2.27. The normalized spacial score (nSPS) is 18.7. The van der Waals surface area contributed by atoms with E-state index in [0.717, 1.165) is 11.8 Å². The van der Waals surface area contributed by atoms with Gasteiger partial charge in [0.1, 0.15) is 0 Å². The van der Waals surface area contributed by atoms with Crippen LogP contribution >= 0.6 is 0 Å². The van der Waals surface area contributed by atoms with E-state index < -0.39 is 0 Å². The highest BCUT2D eigenvalue weighted by Gasteiger charge is 2.25. The SMILES string of the molecule is CC(C)CC1=Cc2ccccc2C1CC(C)C. The highest BCUT2D eigenvalue weighted by Crippen LogP contribution is 2.42. The van der Waals surface area contributed by atoms with Gasteiger partial charge in [0.2, 0.25) is 0 Å². The van der Waals surface area contributed by atoms with Crippen molar-refractivity contribution in [3.05, 3.63) is 41.0 Å². The van der Waals surface area contributed by atoms with E-state index in [1.165, 1.54) is 18.4 Å². The lowest BCUT2D eigenvalue weighted by Gasteiger charge is -2.20. The maximum atomic E-state index is 2.43. The Bertz CT molecular complexity index is 410. The van der Waals surface area contributed by atoms with Gasteiger partial charge in [0.15, 0.2) is 0 Å². The van der Waals surface area contributed by atoms with E-state index in [1.807, 2.05) is 0 Å². The van der Waals surface area contributed by atoms with Crippen LogP contribution in [0.25, 0.3) is 6.08 Å². The minimum absolute atomic E-state index is 0.675. The molecule has 0 heterocycles. The maximum absolute atomic E-state index is 2.43. The van der Waals surface area contributed by atoms with Gasteiger partial charge in [-0.1, -0.05) is 63.6 Å². The van der Waals surface area contributed by atoms with Crippen LogP contribution in [-0.4, -0.2) is 0 Å². The van der Waals surface area contributed by atoms with Crippen LogP contribution in [0.5, 0.6) is 0 Å². The molecule has 0 spiro atoms. The fraction of sp³-hybridized carbons (Fsp3) is 0.529. The number of fused-ring (bicyclic) bond motifs is 1. The molecule has 0 amide bonds. The lowest BCUT2D eigenvalue weighted by atomic mass is 9.84. The Morgan fingerprint density at radius 2 is 1.71 bits per heavy atom. The number of hydrogen-bond donors (Lipinski definition) is 0. The third-order valence-corrected chi connectivity index (χ3v) is 3.51. The number of hydrogen-bond acceptors (Lipinski definition) is 0. The molecule has 1 aromatic rings. The van der Waals surface area contributed by atoms with Crippen molar-refractivity contribution < 1.29 is 0 Å². The van der Waals surface area contributed by atoms with Gasteiger partial charge in [-0.2, -0.15) is 0 Å². The van der Waals surface area contributed by atoms with E-state index in [4.69, 9.17) is 0 Å². The molecule has 17 heavy (non-hydrogen) atoms. The molecule has 0 aromatic heterocycles. The predicted octanol–water partition coefficient (Wildman–Crippen LogP) is 5.26. The van der Waals surface area contributed by atoms with Crippen molar-refractivity contribution in [2.24, 2.45) is 11.8 Å². The molecule has 0 fully saturated rings. The van der Waals surface area contributed by atoms with Crippen molar-refractivity contribution >= 4 is 6.08 Å². The first-order valence-corrected chi connectivity index (χ1v) is 6.87. The summed E-state index contributed by atoms with van der Waals surface area (Å²) in [6.07, 6.45) is 4.96. The topological polar surface area (TPSA) is 0 Å². The third kappa shape index (κ3) is 2.80. The first-order valence-electron chi connectivity index (χ1n) is 6.87. The van der Waals surface area contributed by atoms with Gasteiger partial charge in [-0.05, 0) is 35.8 Å². The van der Waals surface area contributed by atoms with Crippen molar-refractivity contribution in [1.82, 2.24) is 0 Å². The molecule has 1 aromatic carbocycles. The van der Waals surface area contributed by atoms with Crippen LogP contribution in [0.1, 0.15) is 57.6 Å². The van der Waals surface area contributed by atoms with Crippen molar-refractivity contribution in [3.63, 3.8) is 0 Å². The zero-order valence-corrected chi connectivity index (χ0v) is 11.5. The van der Waals surface area contributed by atoms with Gasteiger partial charge >= 0.3 is 0 Å². The standard InChI is InChI=1S/C17H24/c1-12(2)9-15-11-14-7-5-6-8-16(14)17(15)10-13(3)4/h5-8,11-13,17H,9-10H2,1-4H3. The van der Waals surface area contributed by atoms with Gasteiger partial charge in [-0.15, -0.1) is 0 Å². The molecule has 0 N–H and O–H groups in total. The van der Waals surface area contributed by atoms with E-state index in [-0.39, 0.29) is 0 Å². The summed E-state index contributed by atoms with van der Waals surface area (Å²) in [5.41, 5.74) is 4.65. The Morgan fingerprint density at radius 3 is 2.35 bits per heavy atom. The summed E-state index contributed by atoms with van der Waals surface area (Å²) in [6.45, 7) is 9.29. The summed E-state index contributed by atoms with van der Waals surface area (Å²) in [6, 6.07) is 8.90. The lowest BCUT2D eigenvalue weighted by molar-refractivity contribution is 0.514. The van der Waals surface area contributed by atoms with Crippen LogP contribution < -0.4 is 0 Å². The third-order valence-electron chi connectivity index (χ3n) is 3.51. The summed E-state index contributed by atoms with van der Waals surface area (Å²) < 4.78 is 0. The average molecular weight is 228 g/mol. The van der Waals surface area contributed by atoms with Crippen LogP contribution in [0.2, 0.25) is 0 Å². The maximum Gasteiger partial charge on any atom is 0.00599 e. The Morgan fingerprint density at radius 1 is 1.00 bits per heavy atom. The molecule has 1 aliphatic rings. The molecule has 0 heteroatoms. The molecule has 0 radical (unpaired) electrons. The van der Waals surface area contributed by atoms with Crippen molar-refractivity contribution in [3.8, 4) is 0 Å². The van der Waals surface area contributed by atoms with Crippen molar-refractivity contribution in [2.75, 3.05) is 0 Å².